The largest absolute Gasteiger partial charge is 0.725 e. The van der Waals surface area contributed by atoms with Crippen LogP contribution in [0.4, 0.5) is 0 Å². The maximum atomic E-state index is 10.2. The summed E-state index contributed by atoms with van der Waals surface area (Å²) in [7, 11) is -4.60. The Morgan fingerprint density at radius 3 is 2.67 bits per heavy atom. The van der Waals surface area contributed by atoms with Gasteiger partial charge in [0.2, 0.25) is 10.4 Å². The zero-order valence-electron chi connectivity index (χ0n) is 8.39. The minimum atomic E-state index is -4.60. The van der Waals surface area contributed by atoms with E-state index in [1.165, 1.54) is 0 Å². The molecule has 0 saturated heterocycles. The standard InChI is InChI=1S/C9H12O4S2/c1-7-3-4-8(2)9(5-7)6-14-13-15(10,11)12/h3-5H,6H2,1-2H3,(H,10,11,12)/p-1. The third-order valence-corrected chi connectivity index (χ3v) is 3.33. The molecule has 1 aromatic rings. The van der Waals surface area contributed by atoms with Gasteiger partial charge in [-0.1, -0.05) is 23.8 Å². The van der Waals surface area contributed by atoms with E-state index in [-0.39, 0.29) is 0 Å². The van der Waals surface area contributed by atoms with E-state index in [4.69, 9.17) is 0 Å². The van der Waals surface area contributed by atoms with Crippen LogP contribution < -0.4 is 0 Å². The Bertz CT molecular complexity index is 439. The summed E-state index contributed by atoms with van der Waals surface area (Å²) in [5.74, 6) is 0.342. The fourth-order valence-electron chi connectivity index (χ4n) is 1.10. The lowest BCUT2D eigenvalue weighted by Crippen LogP contribution is -1.98. The van der Waals surface area contributed by atoms with E-state index in [0.717, 1.165) is 16.7 Å². The number of aryl methyl sites for hydroxylation is 2. The molecule has 0 bridgehead atoms. The molecule has 0 aromatic heterocycles. The van der Waals surface area contributed by atoms with Crippen LogP contribution in [-0.4, -0.2) is 13.0 Å². The highest BCUT2D eigenvalue weighted by molar-refractivity contribution is 8.02. The van der Waals surface area contributed by atoms with Crippen LogP contribution in [0.2, 0.25) is 0 Å². The molecule has 0 aliphatic rings. The fraction of sp³-hybridized carbons (Fsp3) is 0.333. The molecule has 0 radical (unpaired) electrons. The van der Waals surface area contributed by atoms with Crippen molar-refractivity contribution in [3.63, 3.8) is 0 Å². The number of hydrogen-bond donors (Lipinski definition) is 0. The second kappa shape index (κ2) is 4.98. The van der Waals surface area contributed by atoms with Gasteiger partial charge in [-0.3, -0.25) is 0 Å². The van der Waals surface area contributed by atoms with Gasteiger partial charge in [-0.05, 0) is 25.0 Å². The molecule has 0 amide bonds. The molecule has 1 rings (SSSR count). The van der Waals surface area contributed by atoms with E-state index in [0.29, 0.717) is 17.8 Å². The average molecular weight is 247 g/mol. The Balaban J connectivity index is 2.61. The van der Waals surface area contributed by atoms with Crippen LogP contribution in [0.1, 0.15) is 16.7 Å². The van der Waals surface area contributed by atoms with Gasteiger partial charge in [-0.15, -0.1) is 0 Å². The third-order valence-electron chi connectivity index (χ3n) is 1.85. The minimum absolute atomic E-state index is 0.342. The lowest BCUT2D eigenvalue weighted by Gasteiger charge is -2.08. The van der Waals surface area contributed by atoms with Crippen molar-refractivity contribution in [1.29, 1.82) is 0 Å². The first-order chi connectivity index (χ1) is 6.88. The summed E-state index contributed by atoms with van der Waals surface area (Å²) in [5, 5.41) is 0. The van der Waals surface area contributed by atoms with Crippen LogP contribution in [0.25, 0.3) is 0 Å². The number of rotatable bonds is 4. The second-order valence-corrected chi connectivity index (χ2v) is 5.05. The van der Waals surface area contributed by atoms with E-state index in [1.807, 2.05) is 32.0 Å². The average Bonchev–Trinajstić information content (AvgIpc) is 2.09. The molecule has 0 spiro atoms. The Morgan fingerprint density at radius 1 is 1.40 bits per heavy atom. The molecule has 0 heterocycles. The molecular formula is C9H11O4S2-. The Hall–Kier alpha value is -0.560. The quantitative estimate of drug-likeness (QED) is 0.462. The summed E-state index contributed by atoms with van der Waals surface area (Å²) < 4.78 is 34.6. The van der Waals surface area contributed by atoms with Crippen molar-refractivity contribution in [2.45, 2.75) is 19.6 Å². The zero-order valence-corrected chi connectivity index (χ0v) is 10.0. The third kappa shape index (κ3) is 4.65. The molecule has 1 aromatic carbocycles. The molecular weight excluding hydrogens is 236 g/mol. The van der Waals surface area contributed by atoms with Crippen molar-refractivity contribution in [3.8, 4) is 0 Å². The van der Waals surface area contributed by atoms with Gasteiger partial charge in [-0.25, -0.2) is 12.0 Å². The smallest absolute Gasteiger partial charge is 0.228 e. The minimum Gasteiger partial charge on any atom is -0.725 e. The van der Waals surface area contributed by atoms with Crippen LogP contribution in [0, 0.1) is 13.8 Å². The van der Waals surface area contributed by atoms with Gasteiger partial charge in [0.05, 0.1) is 0 Å². The van der Waals surface area contributed by atoms with E-state index < -0.39 is 10.4 Å². The predicted octanol–water partition coefficient (Wildman–Crippen LogP) is 1.93. The molecule has 4 nitrogen and oxygen atoms in total. The SMILES string of the molecule is Cc1ccc(C)c(CSOS(=O)(=O)[O-])c1. The summed E-state index contributed by atoms with van der Waals surface area (Å²) in [6.45, 7) is 3.86. The first kappa shape index (κ1) is 12.5. The first-order valence-corrected chi connectivity index (χ1v) is 6.46. The van der Waals surface area contributed by atoms with Gasteiger partial charge in [0, 0.05) is 17.8 Å². The van der Waals surface area contributed by atoms with E-state index in [2.05, 4.69) is 3.63 Å². The zero-order chi connectivity index (χ0) is 11.5. The van der Waals surface area contributed by atoms with Crippen molar-refractivity contribution in [3.05, 3.63) is 34.9 Å². The molecule has 0 atom stereocenters. The Kier molecular flexibility index (Phi) is 4.15. The summed E-state index contributed by atoms with van der Waals surface area (Å²) in [5.41, 5.74) is 3.09. The van der Waals surface area contributed by atoms with Crippen molar-refractivity contribution in [2.75, 3.05) is 0 Å². The number of benzene rings is 1. The molecule has 84 valence electrons. The molecule has 15 heavy (non-hydrogen) atoms. The molecule has 0 aliphatic carbocycles. The first-order valence-electron chi connectivity index (χ1n) is 4.21. The number of hydrogen-bond acceptors (Lipinski definition) is 5. The van der Waals surface area contributed by atoms with Gasteiger partial charge in [0.15, 0.2) is 0 Å². The summed E-state index contributed by atoms with van der Waals surface area (Å²) in [6, 6.07) is 5.84. The van der Waals surface area contributed by atoms with E-state index >= 15 is 0 Å². The van der Waals surface area contributed by atoms with Crippen LogP contribution in [0.5, 0.6) is 0 Å². The van der Waals surface area contributed by atoms with Crippen LogP contribution >= 0.6 is 12.0 Å². The molecule has 0 unspecified atom stereocenters. The Morgan fingerprint density at radius 2 is 2.07 bits per heavy atom. The summed E-state index contributed by atoms with van der Waals surface area (Å²) >= 11 is 0.636. The van der Waals surface area contributed by atoms with Crippen molar-refractivity contribution < 1.29 is 16.6 Å². The van der Waals surface area contributed by atoms with Crippen molar-refractivity contribution in [2.24, 2.45) is 0 Å². The van der Waals surface area contributed by atoms with Crippen LogP contribution in [0.15, 0.2) is 18.2 Å². The lowest BCUT2D eigenvalue weighted by molar-refractivity contribution is 0.391. The maximum absolute atomic E-state index is 10.2. The van der Waals surface area contributed by atoms with E-state index in [9.17, 15) is 13.0 Å². The second-order valence-electron chi connectivity index (χ2n) is 3.17. The fourth-order valence-corrected chi connectivity index (χ4v) is 2.20. The lowest BCUT2D eigenvalue weighted by atomic mass is 10.1. The molecule has 6 heteroatoms. The maximum Gasteiger partial charge on any atom is 0.228 e. The predicted molar refractivity (Wildman–Crippen MR) is 58.0 cm³/mol. The van der Waals surface area contributed by atoms with E-state index in [1.54, 1.807) is 0 Å². The molecule has 0 N–H and O–H groups in total. The van der Waals surface area contributed by atoms with Gasteiger partial charge >= 0.3 is 0 Å². The van der Waals surface area contributed by atoms with Crippen LogP contribution in [-0.2, 0) is 19.8 Å². The van der Waals surface area contributed by atoms with Crippen LogP contribution in [0.3, 0.4) is 0 Å². The summed E-state index contributed by atoms with van der Waals surface area (Å²) in [6.07, 6.45) is 0. The van der Waals surface area contributed by atoms with Crippen molar-refractivity contribution >= 4 is 22.4 Å². The molecule has 0 fully saturated rings. The normalized spacial score (nSPS) is 11.7. The molecule has 0 aliphatic heterocycles. The van der Waals surface area contributed by atoms with Gasteiger partial charge in [0.25, 0.3) is 0 Å². The highest BCUT2D eigenvalue weighted by atomic mass is 32.3. The van der Waals surface area contributed by atoms with Gasteiger partial charge in [-0.2, -0.15) is 0 Å². The Labute approximate surface area is 93.8 Å². The summed E-state index contributed by atoms with van der Waals surface area (Å²) in [4.78, 5) is 0. The monoisotopic (exact) mass is 247 g/mol. The molecule has 0 saturated carbocycles. The van der Waals surface area contributed by atoms with Gasteiger partial charge in [0.1, 0.15) is 0 Å². The highest BCUT2D eigenvalue weighted by Gasteiger charge is 2.01. The highest BCUT2D eigenvalue weighted by Crippen LogP contribution is 2.19. The topological polar surface area (TPSA) is 66.4 Å². The van der Waals surface area contributed by atoms with Gasteiger partial charge < -0.3 is 4.55 Å². The van der Waals surface area contributed by atoms with Crippen molar-refractivity contribution in [1.82, 2.24) is 0 Å².